The van der Waals surface area contributed by atoms with Gasteiger partial charge in [-0.2, -0.15) is 4.31 Å². The highest BCUT2D eigenvalue weighted by molar-refractivity contribution is 7.89. The third kappa shape index (κ3) is 3.61. The van der Waals surface area contributed by atoms with Crippen molar-refractivity contribution in [2.75, 3.05) is 6.54 Å². The van der Waals surface area contributed by atoms with Crippen LogP contribution in [0.2, 0.25) is 0 Å². The third-order valence-electron chi connectivity index (χ3n) is 3.36. The Balaban J connectivity index is 2.36. The summed E-state index contributed by atoms with van der Waals surface area (Å²) in [7, 11) is -3.51. The molecule has 2 aromatic rings. The molecule has 0 fully saturated rings. The minimum atomic E-state index is -3.51. The summed E-state index contributed by atoms with van der Waals surface area (Å²) < 4.78 is 27.0. The SMILES string of the molecule is C=CCN(Cc1cccs1)S(=O)(=O)c1ccc(C)c(C)c1. The van der Waals surface area contributed by atoms with Crippen LogP contribution in [-0.4, -0.2) is 19.3 Å². The predicted molar refractivity (Wildman–Crippen MR) is 88.0 cm³/mol. The molecule has 1 aromatic carbocycles. The lowest BCUT2D eigenvalue weighted by Gasteiger charge is -2.20. The van der Waals surface area contributed by atoms with E-state index in [1.807, 2.05) is 37.4 Å². The lowest BCUT2D eigenvalue weighted by Crippen LogP contribution is -2.30. The molecule has 1 aromatic heterocycles. The quantitative estimate of drug-likeness (QED) is 0.760. The van der Waals surface area contributed by atoms with Gasteiger partial charge in [-0.15, -0.1) is 17.9 Å². The molecule has 0 aliphatic heterocycles. The number of sulfonamides is 1. The highest BCUT2D eigenvalue weighted by Crippen LogP contribution is 2.22. The smallest absolute Gasteiger partial charge is 0.207 e. The zero-order valence-corrected chi connectivity index (χ0v) is 13.9. The first-order valence-electron chi connectivity index (χ1n) is 6.66. The van der Waals surface area contributed by atoms with Crippen LogP contribution >= 0.6 is 11.3 Å². The van der Waals surface area contributed by atoms with Gasteiger partial charge in [0.15, 0.2) is 0 Å². The highest BCUT2D eigenvalue weighted by Gasteiger charge is 2.24. The highest BCUT2D eigenvalue weighted by atomic mass is 32.2. The zero-order chi connectivity index (χ0) is 15.5. The molecular weight excluding hydrogens is 302 g/mol. The van der Waals surface area contributed by atoms with Gasteiger partial charge in [0.05, 0.1) is 4.90 Å². The van der Waals surface area contributed by atoms with E-state index in [1.54, 1.807) is 29.5 Å². The number of nitrogens with zero attached hydrogens (tertiary/aromatic N) is 1. The molecule has 0 unspecified atom stereocenters. The van der Waals surface area contributed by atoms with E-state index in [-0.39, 0.29) is 0 Å². The van der Waals surface area contributed by atoms with Gasteiger partial charge < -0.3 is 0 Å². The van der Waals surface area contributed by atoms with Crippen molar-refractivity contribution in [2.45, 2.75) is 25.3 Å². The fourth-order valence-electron chi connectivity index (χ4n) is 1.99. The Morgan fingerprint density at radius 3 is 2.57 bits per heavy atom. The molecule has 0 aliphatic rings. The molecule has 21 heavy (non-hydrogen) atoms. The molecule has 2 rings (SSSR count). The number of benzene rings is 1. The van der Waals surface area contributed by atoms with Gasteiger partial charge in [0.1, 0.15) is 0 Å². The van der Waals surface area contributed by atoms with E-state index >= 15 is 0 Å². The molecule has 0 radical (unpaired) electrons. The van der Waals surface area contributed by atoms with E-state index in [4.69, 9.17) is 0 Å². The van der Waals surface area contributed by atoms with E-state index in [1.165, 1.54) is 4.31 Å². The van der Waals surface area contributed by atoms with Crippen LogP contribution in [0.3, 0.4) is 0 Å². The maximum absolute atomic E-state index is 12.8. The van der Waals surface area contributed by atoms with E-state index in [9.17, 15) is 8.42 Å². The minimum absolute atomic E-state index is 0.299. The van der Waals surface area contributed by atoms with E-state index in [0.29, 0.717) is 18.0 Å². The molecule has 0 saturated heterocycles. The maximum atomic E-state index is 12.8. The summed E-state index contributed by atoms with van der Waals surface area (Å²) in [5.74, 6) is 0. The Morgan fingerprint density at radius 2 is 2.00 bits per heavy atom. The van der Waals surface area contributed by atoms with Crippen molar-refractivity contribution in [3.05, 3.63) is 64.4 Å². The van der Waals surface area contributed by atoms with Crippen molar-refractivity contribution in [3.63, 3.8) is 0 Å². The second-order valence-electron chi connectivity index (χ2n) is 4.91. The molecule has 0 bridgehead atoms. The van der Waals surface area contributed by atoms with Crippen molar-refractivity contribution in [2.24, 2.45) is 0 Å². The van der Waals surface area contributed by atoms with Crippen LogP contribution in [0.15, 0.2) is 53.3 Å². The van der Waals surface area contributed by atoms with Crippen LogP contribution in [0.4, 0.5) is 0 Å². The lowest BCUT2D eigenvalue weighted by atomic mass is 10.1. The third-order valence-corrected chi connectivity index (χ3v) is 6.03. The van der Waals surface area contributed by atoms with Gasteiger partial charge in [0, 0.05) is 18.0 Å². The van der Waals surface area contributed by atoms with E-state index < -0.39 is 10.0 Å². The molecule has 112 valence electrons. The minimum Gasteiger partial charge on any atom is -0.207 e. The number of hydrogen-bond acceptors (Lipinski definition) is 3. The second-order valence-corrected chi connectivity index (χ2v) is 7.88. The summed E-state index contributed by atoms with van der Waals surface area (Å²) in [6.45, 7) is 8.23. The van der Waals surface area contributed by atoms with Crippen molar-refractivity contribution in [3.8, 4) is 0 Å². The first-order valence-corrected chi connectivity index (χ1v) is 8.98. The van der Waals surface area contributed by atoms with Gasteiger partial charge in [-0.3, -0.25) is 0 Å². The Hall–Kier alpha value is -1.43. The zero-order valence-electron chi connectivity index (χ0n) is 12.2. The number of aryl methyl sites for hydroxylation is 2. The Morgan fingerprint density at radius 1 is 1.24 bits per heavy atom. The van der Waals surface area contributed by atoms with Gasteiger partial charge in [-0.05, 0) is 48.6 Å². The summed E-state index contributed by atoms with van der Waals surface area (Å²) >= 11 is 1.55. The molecular formula is C16H19NO2S2. The fraction of sp³-hybridized carbons (Fsp3) is 0.250. The van der Waals surface area contributed by atoms with Crippen molar-refractivity contribution in [1.29, 1.82) is 0 Å². The molecule has 0 N–H and O–H groups in total. The standard InChI is InChI=1S/C16H19NO2S2/c1-4-9-17(12-15-6-5-10-20-15)21(18,19)16-8-7-13(2)14(3)11-16/h4-8,10-11H,1,9,12H2,2-3H3. The number of hydrogen-bond donors (Lipinski definition) is 0. The van der Waals surface area contributed by atoms with E-state index in [0.717, 1.165) is 16.0 Å². The molecule has 3 nitrogen and oxygen atoms in total. The lowest BCUT2D eigenvalue weighted by molar-refractivity contribution is 0.441. The van der Waals surface area contributed by atoms with Gasteiger partial charge >= 0.3 is 0 Å². The van der Waals surface area contributed by atoms with Gasteiger partial charge in [0.25, 0.3) is 0 Å². The second kappa shape index (κ2) is 6.56. The Bertz CT molecular complexity index is 719. The molecule has 1 heterocycles. The van der Waals surface area contributed by atoms with Crippen molar-refractivity contribution >= 4 is 21.4 Å². The summed E-state index contributed by atoms with van der Waals surface area (Å²) in [4.78, 5) is 1.35. The summed E-state index contributed by atoms with van der Waals surface area (Å²) in [6.07, 6.45) is 1.62. The topological polar surface area (TPSA) is 37.4 Å². The average Bonchev–Trinajstić information content (AvgIpc) is 2.94. The van der Waals surface area contributed by atoms with Crippen LogP contribution < -0.4 is 0 Å². The average molecular weight is 321 g/mol. The molecule has 0 spiro atoms. The van der Waals surface area contributed by atoms with Crippen LogP contribution in [-0.2, 0) is 16.6 Å². The normalized spacial score (nSPS) is 11.8. The Labute approximate surface area is 130 Å². The van der Waals surface area contributed by atoms with Gasteiger partial charge in [0.2, 0.25) is 10.0 Å². The molecule has 0 aliphatic carbocycles. The molecule has 0 amide bonds. The van der Waals surface area contributed by atoms with Crippen LogP contribution in [0.1, 0.15) is 16.0 Å². The predicted octanol–water partition coefficient (Wildman–Crippen LogP) is 3.74. The van der Waals surface area contributed by atoms with Crippen LogP contribution in [0.25, 0.3) is 0 Å². The van der Waals surface area contributed by atoms with Gasteiger partial charge in [-0.25, -0.2) is 8.42 Å². The largest absolute Gasteiger partial charge is 0.243 e. The number of thiophene rings is 1. The summed E-state index contributed by atoms with van der Waals surface area (Å²) in [5.41, 5.74) is 2.06. The van der Waals surface area contributed by atoms with E-state index in [2.05, 4.69) is 6.58 Å². The molecule has 5 heteroatoms. The Kier molecular flexibility index (Phi) is 4.98. The van der Waals surface area contributed by atoms with Crippen molar-refractivity contribution in [1.82, 2.24) is 4.31 Å². The van der Waals surface area contributed by atoms with Crippen LogP contribution in [0.5, 0.6) is 0 Å². The van der Waals surface area contributed by atoms with Crippen molar-refractivity contribution < 1.29 is 8.42 Å². The summed E-state index contributed by atoms with van der Waals surface area (Å²) in [5, 5.41) is 1.95. The first-order chi connectivity index (χ1) is 9.95. The first kappa shape index (κ1) is 15.9. The summed E-state index contributed by atoms with van der Waals surface area (Å²) in [6, 6.07) is 9.11. The fourth-order valence-corrected chi connectivity index (χ4v) is 4.27. The monoisotopic (exact) mass is 321 g/mol. The van der Waals surface area contributed by atoms with Gasteiger partial charge in [-0.1, -0.05) is 18.2 Å². The van der Waals surface area contributed by atoms with Crippen LogP contribution in [0, 0.1) is 13.8 Å². The maximum Gasteiger partial charge on any atom is 0.243 e. The molecule has 0 saturated carbocycles. The number of rotatable bonds is 6. The molecule has 0 atom stereocenters.